The Balaban J connectivity index is 1.37. The van der Waals surface area contributed by atoms with Gasteiger partial charge in [0, 0.05) is 39.1 Å². The van der Waals surface area contributed by atoms with Crippen LogP contribution in [0.15, 0.2) is 78.0 Å². The third kappa shape index (κ3) is 6.47. The second kappa shape index (κ2) is 11.0. The Labute approximate surface area is 172 Å². The second-order valence-corrected chi connectivity index (χ2v) is 6.75. The molecule has 0 saturated heterocycles. The lowest BCUT2D eigenvalue weighted by molar-refractivity contribution is 0.0646. The summed E-state index contributed by atoms with van der Waals surface area (Å²) in [4.78, 5) is 4.29. The van der Waals surface area contributed by atoms with Crippen molar-refractivity contribution in [1.82, 2.24) is 20.4 Å². The van der Waals surface area contributed by atoms with E-state index in [-0.39, 0.29) is 6.10 Å². The molecule has 1 atom stereocenters. The number of rotatable bonds is 9. The van der Waals surface area contributed by atoms with Crippen LogP contribution >= 0.6 is 0 Å². The van der Waals surface area contributed by atoms with Gasteiger partial charge in [-0.05, 0) is 42.7 Å². The highest BCUT2D eigenvalue weighted by atomic mass is 16.5. The minimum Gasteiger partial charge on any atom is -0.374 e. The monoisotopic (exact) mass is 391 g/mol. The van der Waals surface area contributed by atoms with Gasteiger partial charge in [-0.1, -0.05) is 42.5 Å². The lowest BCUT2D eigenvalue weighted by atomic mass is 10.1. The third-order valence-electron chi connectivity index (χ3n) is 4.61. The van der Waals surface area contributed by atoms with Crippen molar-refractivity contribution in [3.05, 3.63) is 84.2 Å². The summed E-state index contributed by atoms with van der Waals surface area (Å²) in [6.45, 7) is 4.28. The molecule has 0 aliphatic carbocycles. The van der Waals surface area contributed by atoms with Crippen molar-refractivity contribution < 1.29 is 4.74 Å². The standard InChI is InChI=1S/C23H29N5O/c1-19(21-10-4-3-5-11-21)29-16-8-13-25-23(24-2)26-18-20-9-6-12-22(17-20)28-15-7-14-27-28/h3-7,9-12,14-15,17,19H,8,13,16,18H2,1-2H3,(H2,24,25,26). The molecule has 152 valence electrons. The van der Waals surface area contributed by atoms with E-state index >= 15 is 0 Å². The number of guanidine groups is 1. The van der Waals surface area contributed by atoms with Gasteiger partial charge in [-0.25, -0.2) is 4.68 Å². The zero-order valence-corrected chi connectivity index (χ0v) is 17.1. The van der Waals surface area contributed by atoms with Crippen molar-refractivity contribution >= 4 is 5.96 Å². The highest BCUT2D eigenvalue weighted by molar-refractivity contribution is 5.79. The first-order valence-corrected chi connectivity index (χ1v) is 9.96. The fourth-order valence-corrected chi connectivity index (χ4v) is 3.00. The molecule has 6 nitrogen and oxygen atoms in total. The van der Waals surface area contributed by atoms with Gasteiger partial charge >= 0.3 is 0 Å². The Kier molecular flexibility index (Phi) is 7.83. The van der Waals surface area contributed by atoms with E-state index in [0.29, 0.717) is 13.2 Å². The predicted octanol–water partition coefficient (Wildman–Crippen LogP) is 3.71. The van der Waals surface area contributed by atoms with E-state index in [2.05, 4.69) is 51.9 Å². The molecule has 0 aliphatic rings. The molecule has 0 radical (unpaired) electrons. The number of aliphatic imine (C=N–C) groups is 1. The van der Waals surface area contributed by atoms with Crippen LogP contribution in [-0.4, -0.2) is 35.9 Å². The van der Waals surface area contributed by atoms with Crippen LogP contribution in [0.25, 0.3) is 5.69 Å². The molecule has 1 aromatic heterocycles. The van der Waals surface area contributed by atoms with E-state index in [1.807, 2.05) is 47.3 Å². The molecule has 6 heteroatoms. The average Bonchev–Trinajstić information content (AvgIpc) is 3.31. The lowest BCUT2D eigenvalue weighted by Crippen LogP contribution is -2.37. The third-order valence-corrected chi connectivity index (χ3v) is 4.61. The molecular weight excluding hydrogens is 362 g/mol. The summed E-state index contributed by atoms with van der Waals surface area (Å²) in [5.74, 6) is 0.783. The molecule has 0 spiro atoms. The molecule has 3 rings (SSSR count). The van der Waals surface area contributed by atoms with Crippen LogP contribution in [0.2, 0.25) is 0 Å². The number of aromatic nitrogens is 2. The predicted molar refractivity (Wildman–Crippen MR) is 117 cm³/mol. The van der Waals surface area contributed by atoms with Crippen molar-refractivity contribution in [2.45, 2.75) is 26.0 Å². The van der Waals surface area contributed by atoms with Gasteiger partial charge in [0.15, 0.2) is 5.96 Å². The number of nitrogens with zero attached hydrogens (tertiary/aromatic N) is 3. The molecule has 1 heterocycles. The van der Waals surface area contributed by atoms with Crippen molar-refractivity contribution in [2.24, 2.45) is 4.99 Å². The number of ether oxygens (including phenoxy) is 1. The maximum atomic E-state index is 5.91. The summed E-state index contributed by atoms with van der Waals surface area (Å²) in [5.41, 5.74) is 3.41. The summed E-state index contributed by atoms with van der Waals surface area (Å²) in [5, 5.41) is 11.0. The quantitative estimate of drug-likeness (QED) is 0.332. The number of hydrogen-bond donors (Lipinski definition) is 2. The smallest absolute Gasteiger partial charge is 0.191 e. The first kappa shape index (κ1) is 20.6. The van der Waals surface area contributed by atoms with Crippen LogP contribution in [0.5, 0.6) is 0 Å². The van der Waals surface area contributed by atoms with Crippen molar-refractivity contribution in [1.29, 1.82) is 0 Å². The number of benzene rings is 2. The number of hydrogen-bond acceptors (Lipinski definition) is 3. The molecule has 2 N–H and O–H groups in total. The van der Waals surface area contributed by atoms with E-state index in [1.165, 1.54) is 11.1 Å². The normalized spacial score (nSPS) is 12.6. The van der Waals surface area contributed by atoms with Crippen LogP contribution in [0.1, 0.15) is 30.6 Å². The second-order valence-electron chi connectivity index (χ2n) is 6.75. The Morgan fingerprint density at radius 3 is 2.72 bits per heavy atom. The molecule has 0 fully saturated rings. The first-order chi connectivity index (χ1) is 14.3. The van der Waals surface area contributed by atoms with Gasteiger partial charge in [0.1, 0.15) is 0 Å². The Morgan fingerprint density at radius 1 is 1.10 bits per heavy atom. The first-order valence-electron chi connectivity index (χ1n) is 9.96. The Morgan fingerprint density at radius 2 is 1.97 bits per heavy atom. The fraction of sp³-hybridized carbons (Fsp3) is 0.304. The van der Waals surface area contributed by atoms with Crippen LogP contribution in [0.4, 0.5) is 0 Å². The summed E-state index contributed by atoms with van der Waals surface area (Å²) in [6.07, 6.45) is 4.73. The maximum absolute atomic E-state index is 5.91. The molecule has 1 unspecified atom stereocenters. The molecule has 0 bridgehead atoms. The summed E-state index contributed by atoms with van der Waals surface area (Å²) in [7, 11) is 1.78. The fourth-order valence-electron chi connectivity index (χ4n) is 3.00. The van der Waals surface area contributed by atoms with Gasteiger partial charge in [0.25, 0.3) is 0 Å². The summed E-state index contributed by atoms with van der Waals surface area (Å²) < 4.78 is 7.77. The van der Waals surface area contributed by atoms with Crippen molar-refractivity contribution in [3.8, 4) is 5.69 Å². The van der Waals surface area contributed by atoms with Crippen molar-refractivity contribution in [3.63, 3.8) is 0 Å². The average molecular weight is 392 g/mol. The number of nitrogens with one attached hydrogen (secondary N) is 2. The van der Waals surface area contributed by atoms with E-state index in [4.69, 9.17) is 4.74 Å². The van der Waals surface area contributed by atoms with E-state index < -0.39 is 0 Å². The minimum atomic E-state index is 0.107. The van der Waals surface area contributed by atoms with Gasteiger partial charge < -0.3 is 15.4 Å². The molecule has 0 saturated carbocycles. The molecule has 3 aromatic rings. The molecule has 0 amide bonds. The highest BCUT2D eigenvalue weighted by Crippen LogP contribution is 2.15. The van der Waals surface area contributed by atoms with Crippen LogP contribution in [0.3, 0.4) is 0 Å². The summed E-state index contributed by atoms with van der Waals surface area (Å²) in [6, 6.07) is 20.5. The van der Waals surface area contributed by atoms with Gasteiger partial charge in [-0.15, -0.1) is 0 Å². The maximum Gasteiger partial charge on any atom is 0.191 e. The Hall–Kier alpha value is -3.12. The highest BCUT2D eigenvalue weighted by Gasteiger charge is 2.05. The van der Waals surface area contributed by atoms with E-state index in [0.717, 1.165) is 24.6 Å². The Bertz CT molecular complexity index is 877. The SMILES string of the molecule is CN=C(NCCCOC(C)c1ccccc1)NCc1cccc(-n2cccn2)c1. The van der Waals surface area contributed by atoms with Gasteiger partial charge in [0.05, 0.1) is 11.8 Å². The van der Waals surface area contributed by atoms with Crippen LogP contribution in [-0.2, 0) is 11.3 Å². The van der Waals surface area contributed by atoms with Gasteiger partial charge in [-0.2, -0.15) is 5.10 Å². The molecule has 29 heavy (non-hydrogen) atoms. The van der Waals surface area contributed by atoms with Gasteiger partial charge in [0.2, 0.25) is 0 Å². The zero-order valence-electron chi connectivity index (χ0n) is 17.1. The van der Waals surface area contributed by atoms with Crippen LogP contribution < -0.4 is 10.6 Å². The van der Waals surface area contributed by atoms with E-state index in [9.17, 15) is 0 Å². The lowest BCUT2D eigenvalue weighted by Gasteiger charge is -2.15. The van der Waals surface area contributed by atoms with Gasteiger partial charge in [-0.3, -0.25) is 4.99 Å². The molecular formula is C23H29N5O. The van der Waals surface area contributed by atoms with Crippen molar-refractivity contribution in [2.75, 3.05) is 20.2 Å². The molecule has 2 aromatic carbocycles. The van der Waals surface area contributed by atoms with Crippen LogP contribution in [0, 0.1) is 0 Å². The van der Waals surface area contributed by atoms with E-state index in [1.54, 1.807) is 13.2 Å². The summed E-state index contributed by atoms with van der Waals surface area (Å²) >= 11 is 0. The minimum absolute atomic E-state index is 0.107. The largest absolute Gasteiger partial charge is 0.374 e. The molecule has 0 aliphatic heterocycles. The topological polar surface area (TPSA) is 63.5 Å². The zero-order chi connectivity index (χ0) is 20.3.